The van der Waals surface area contributed by atoms with Gasteiger partial charge in [-0.2, -0.15) is 0 Å². The van der Waals surface area contributed by atoms with Crippen molar-refractivity contribution in [3.05, 3.63) is 0 Å². The van der Waals surface area contributed by atoms with E-state index in [-0.39, 0.29) is 12.6 Å². The SMILES string of the molecule is CN(CC(C)(C)O)C(=O)N1CCCC(C)(C)C1C(=O)O. The highest BCUT2D eigenvalue weighted by atomic mass is 16.4. The van der Waals surface area contributed by atoms with E-state index < -0.39 is 23.0 Å². The lowest BCUT2D eigenvalue weighted by Gasteiger charge is -2.45. The van der Waals surface area contributed by atoms with Crippen molar-refractivity contribution in [3.8, 4) is 0 Å². The molecule has 116 valence electrons. The zero-order valence-electron chi connectivity index (χ0n) is 13.0. The molecule has 0 aromatic rings. The van der Waals surface area contributed by atoms with Gasteiger partial charge in [0.05, 0.1) is 12.1 Å². The van der Waals surface area contributed by atoms with Gasteiger partial charge < -0.3 is 20.0 Å². The minimum absolute atomic E-state index is 0.162. The van der Waals surface area contributed by atoms with E-state index in [1.807, 2.05) is 13.8 Å². The molecule has 1 rings (SSSR count). The van der Waals surface area contributed by atoms with Gasteiger partial charge in [0.25, 0.3) is 0 Å². The van der Waals surface area contributed by atoms with Crippen LogP contribution in [0.1, 0.15) is 40.5 Å². The normalized spacial score (nSPS) is 22.5. The molecular weight excluding hydrogens is 260 g/mol. The molecule has 1 aliphatic rings. The Balaban J connectivity index is 2.92. The Morgan fingerprint density at radius 2 is 1.95 bits per heavy atom. The standard InChI is InChI=1S/C14H26N2O4/c1-13(2)7-6-8-16(10(13)11(17)18)12(19)15(5)9-14(3,4)20/h10,20H,6-9H2,1-5H3,(H,17,18). The molecule has 1 aliphatic heterocycles. The summed E-state index contributed by atoms with van der Waals surface area (Å²) in [7, 11) is 1.58. The lowest BCUT2D eigenvalue weighted by Crippen LogP contribution is -2.59. The van der Waals surface area contributed by atoms with Crippen LogP contribution in [0.25, 0.3) is 0 Å². The van der Waals surface area contributed by atoms with Gasteiger partial charge in [-0.25, -0.2) is 9.59 Å². The fourth-order valence-electron chi connectivity index (χ4n) is 2.93. The van der Waals surface area contributed by atoms with Crippen LogP contribution in [0.4, 0.5) is 4.79 Å². The molecule has 2 N–H and O–H groups in total. The van der Waals surface area contributed by atoms with E-state index in [1.165, 1.54) is 9.80 Å². The summed E-state index contributed by atoms with van der Waals surface area (Å²) in [5.74, 6) is -0.972. The molecule has 0 aromatic carbocycles. The molecule has 0 spiro atoms. The van der Waals surface area contributed by atoms with Gasteiger partial charge in [0, 0.05) is 13.6 Å². The van der Waals surface area contributed by atoms with Crippen LogP contribution in [-0.2, 0) is 4.79 Å². The van der Waals surface area contributed by atoms with E-state index in [0.29, 0.717) is 6.54 Å². The molecule has 1 saturated heterocycles. The van der Waals surface area contributed by atoms with Crippen molar-refractivity contribution in [2.24, 2.45) is 5.41 Å². The zero-order valence-corrected chi connectivity index (χ0v) is 13.0. The fraction of sp³-hybridized carbons (Fsp3) is 0.857. The number of piperidine rings is 1. The minimum Gasteiger partial charge on any atom is -0.480 e. The van der Waals surface area contributed by atoms with Crippen molar-refractivity contribution in [1.82, 2.24) is 9.80 Å². The summed E-state index contributed by atoms with van der Waals surface area (Å²) in [6.45, 7) is 7.59. The second kappa shape index (κ2) is 5.60. The molecule has 20 heavy (non-hydrogen) atoms. The van der Waals surface area contributed by atoms with Crippen LogP contribution >= 0.6 is 0 Å². The van der Waals surface area contributed by atoms with Gasteiger partial charge >= 0.3 is 12.0 Å². The van der Waals surface area contributed by atoms with E-state index >= 15 is 0 Å². The highest BCUT2D eigenvalue weighted by molar-refractivity contribution is 5.83. The highest BCUT2D eigenvalue weighted by Gasteiger charge is 2.45. The topological polar surface area (TPSA) is 81.1 Å². The van der Waals surface area contributed by atoms with Gasteiger partial charge in [-0.1, -0.05) is 13.8 Å². The lowest BCUT2D eigenvalue weighted by molar-refractivity contribution is -0.148. The van der Waals surface area contributed by atoms with Crippen molar-refractivity contribution in [1.29, 1.82) is 0 Å². The number of likely N-dealkylation sites (N-methyl/N-ethyl adjacent to an activating group) is 1. The Morgan fingerprint density at radius 3 is 2.40 bits per heavy atom. The molecule has 0 radical (unpaired) electrons. The minimum atomic E-state index is -1.01. The predicted molar refractivity (Wildman–Crippen MR) is 75.5 cm³/mol. The van der Waals surface area contributed by atoms with E-state index in [9.17, 15) is 19.8 Å². The molecule has 6 nitrogen and oxygen atoms in total. The maximum Gasteiger partial charge on any atom is 0.327 e. The first kappa shape index (κ1) is 16.8. The third-order valence-electron chi connectivity index (χ3n) is 3.70. The monoisotopic (exact) mass is 286 g/mol. The molecule has 1 fully saturated rings. The molecule has 0 aromatic heterocycles. The Bertz CT molecular complexity index is 387. The number of urea groups is 1. The van der Waals surface area contributed by atoms with Crippen LogP contribution in [0.2, 0.25) is 0 Å². The van der Waals surface area contributed by atoms with Gasteiger partial charge in [-0.3, -0.25) is 0 Å². The lowest BCUT2D eigenvalue weighted by atomic mass is 9.76. The number of carbonyl (C=O) groups excluding carboxylic acids is 1. The van der Waals surface area contributed by atoms with Crippen LogP contribution in [0, 0.1) is 5.41 Å². The number of aliphatic carboxylic acids is 1. The summed E-state index contributed by atoms with van der Waals surface area (Å²) in [6, 6.07) is -1.17. The maximum absolute atomic E-state index is 12.5. The average Bonchev–Trinajstić information content (AvgIpc) is 2.23. The Kier molecular flexibility index (Phi) is 4.69. The van der Waals surface area contributed by atoms with Gasteiger partial charge in [0.1, 0.15) is 6.04 Å². The van der Waals surface area contributed by atoms with Gasteiger partial charge in [-0.15, -0.1) is 0 Å². The molecule has 1 atom stereocenters. The van der Waals surface area contributed by atoms with Gasteiger partial charge in [0.2, 0.25) is 0 Å². The van der Waals surface area contributed by atoms with Crippen LogP contribution < -0.4 is 0 Å². The molecule has 0 bridgehead atoms. The Morgan fingerprint density at radius 1 is 1.40 bits per heavy atom. The third kappa shape index (κ3) is 3.85. The summed E-state index contributed by atoms with van der Waals surface area (Å²) in [6.07, 6.45) is 1.57. The van der Waals surface area contributed by atoms with Crippen molar-refractivity contribution in [2.45, 2.75) is 52.2 Å². The summed E-state index contributed by atoms with van der Waals surface area (Å²) in [4.78, 5) is 26.8. The first-order valence-electron chi connectivity index (χ1n) is 6.93. The van der Waals surface area contributed by atoms with Crippen molar-refractivity contribution in [2.75, 3.05) is 20.1 Å². The fourth-order valence-corrected chi connectivity index (χ4v) is 2.93. The number of hydrogen-bond donors (Lipinski definition) is 2. The Hall–Kier alpha value is -1.30. The number of carboxylic acids is 1. The molecular formula is C14H26N2O4. The Labute approximate surface area is 120 Å². The second-order valence-corrected chi connectivity index (χ2v) is 6.98. The molecule has 1 heterocycles. The maximum atomic E-state index is 12.5. The molecule has 0 aliphatic carbocycles. The largest absolute Gasteiger partial charge is 0.480 e. The molecule has 2 amide bonds. The van der Waals surface area contributed by atoms with E-state index in [1.54, 1.807) is 20.9 Å². The average molecular weight is 286 g/mol. The van der Waals surface area contributed by atoms with E-state index in [0.717, 1.165) is 12.8 Å². The van der Waals surface area contributed by atoms with E-state index in [4.69, 9.17) is 0 Å². The first-order valence-corrected chi connectivity index (χ1v) is 6.93. The summed E-state index contributed by atoms with van der Waals surface area (Å²) < 4.78 is 0. The van der Waals surface area contributed by atoms with Gasteiger partial charge in [0.15, 0.2) is 0 Å². The first-order chi connectivity index (χ1) is 8.96. The molecule has 6 heteroatoms. The smallest absolute Gasteiger partial charge is 0.327 e. The number of rotatable bonds is 3. The van der Waals surface area contributed by atoms with Crippen LogP contribution in [0.3, 0.4) is 0 Å². The van der Waals surface area contributed by atoms with Crippen molar-refractivity contribution in [3.63, 3.8) is 0 Å². The summed E-state index contributed by atoms with van der Waals surface area (Å²) in [5.41, 5.74) is -1.45. The highest BCUT2D eigenvalue weighted by Crippen LogP contribution is 2.35. The third-order valence-corrected chi connectivity index (χ3v) is 3.70. The summed E-state index contributed by atoms with van der Waals surface area (Å²) in [5, 5.41) is 19.2. The van der Waals surface area contributed by atoms with Crippen molar-refractivity contribution < 1.29 is 19.8 Å². The predicted octanol–water partition coefficient (Wildman–Crippen LogP) is 1.38. The number of amides is 2. The number of hydrogen-bond acceptors (Lipinski definition) is 3. The number of likely N-dealkylation sites (tertiary alicyclic amines) is 1. The van der Waals surface area contributed by atoms with Crippen LogP contribution in [-0.4, -0.2) is 63.8 Å². The van der Waals surface area contributed by atoms with Crippen LogP contribution in [0.5, 0.6) is 0 Å². The summed E-state index contributed by atoms with van der Waals surface area (Å²) >= 11 is 0. The zero-order chi connectivity index (χ0) is 15.7. The van der Waals surface area contributed by atoms with Crippen LogP contribution in [0.15, 0.2) is 0 Å². The van der Waals surface area contributed by atoms with Gasteiger partial charge in [-0.05, 0) is 32.1 Å². The molecule has 0 saturated carbocycles. The quantitative estimate of drug-likeness (QED) is 0.821. The number of carboxylic acid groups (broad SMARTS) is 1. The number of nitrogens with zero attached hydrogens (tertiary/aromatic N) is 2. The number of carbonyl (C=O) groups is 2. The second-order valence-electron chi connectivity index (χ2n) is 6.98. The molecule has 1 unspecified atom stereocenters. The van der Waals surface area contributed by atoms with E-state index in [2.05, 4.69) is 0 Å². The van der Waals surface area contributed by atoms with Crippen molar-refractivity contribution >= 4 is 12.0 Å². The number of aliphatic hydroxyl groups is 1.